The average molecular weight is 469 g/mol. The van der Waals surface area contributed by atoms with Crippen molar-refractivity contribution in [2.24, 2.45) is 12.0 Å². The van der Waals surface area contributed by atoms with Crippen molar-refractivity contribution in [3.8, 4) is 5.75 Å². The summed E-state index contributed by atoms with van der Waals surface area (Å²) in [5.41, 5.74) is 2.31. The second-order valence-electron chi connectivity index (χ2n) is 6.56. The van der Waals surface area contributed by atoms with Crippen molar-refractivity contribution in [1.82, 2.24) is 20.0 Å². The summed E-state index contributed by atoms with van der Waals surface area (Å²) in [7, 11) is 5.76. The van der Waals surface area contributed by atoms with Gasteiger partial charge in [-0.2, -0.15) is 5.10 Å². The maximum Gasteiger partial charge on any atom is 0.193 e. The molecule has 7 heteroatoms. The summed E-state index contributed by atoms with van der Waals surface area (Å²) in [4.78, 5) is 6.48. The lowest BCUT2D eigenvalue weighted by atomic mass is 9.96. The molecule has 0 bridgehead atoms. The molecule has 3 rings (SSSR count). The number of aromatic nitrogens is 2. The summed E-state index contributed by atoms with van der Waals surface area (Å²) in [6.07, 6.45) is 7.89. The number of nitrogens with zero attached hydrogens (tertiary/aromatic N) is 4. The van der Waals surface area contributed by atoms with Crippen molar-refractivity contribution >= 4 is 29.9 Å². The number of benzene rings is 1. The molecule has 1 aliphatic carbocycles. The Morgan fingerprint density at radius 2 is 2.15 bits per heavy atom. The summed E-state index contributed by atoms with van der Waals surface area (Å²) in [6, 6.07) is 8.24. The Bertz CT molecular complexity index is 726. The molecule has 0 saturated heterocycles. The average Bonchev–Trinajstić information content (AvgIpc) is 2.97. The molecule has 2 aromatic rings. The first kappa shape index (κ1) is 20.5. The predicted molar refractivity (Wildman–Crippen MR) is 115 cm³/mol. The molecule has 0 spiro atoms. The summed E-state index contributed by atoms with van der Waals surface area (Å²) < 4.78 is 7.91. The van der Waals surface area contributed by atoms with Crippen LogP contribution in [-0.2, 0) is 20.1 Å². The van der Waals surface area contributed by atoms with E-state index in [0.29, 0.717) is 12.6 Å². The standard InChI is InChI=1S/C19H27N5O.HI/c1-20-19(23(2)13-15-11-22-24(3)14-15)21-12-16-7-4-5-10-18(16)25-17-8-6-9-17;/h4-5,7,10-11,14,17H,6,8-9,12-13H2,1-3H3,(H,20,21);1H. The second kappa shape index (κ2) is 9.80. The van der Waals surface area contributed by atoms with E-state index < -0.39 is 0 Å². The van der Waals surface area contributed by atoms with Crippen LogP contribution in [0, 0.1) is 0 Å². The van der Waals surface area contributed by atoms with Gasteiger partial charge in [0.1, 0.15) is 5.75 Å². The van der Waals surface area contributed by atoms with Gasteiger partial charge in [-0.15, -0.1) is 24.0 Å². The van der Waals surface area contributed by atoms with E-state index in [-0.39, 0.29) is 24.0 Å². The topological polar surface area (TPSA) is 54.7 Å². The van der Waals surface area contributed by atoms with E-state index in [1.54, 1.807) is 7.05 Å². The van der Waals surface area contributed by atoms with Gasteiger partial charge in [-0.3, -0.25) is 9.67 Å². The highest BCUT2D eigenvalue weighted by Gasteiger charge is 2.20. The number of guanidine groups is 1. The van der Waals surface area contributed by atoms with Gasteiger partial charge < -0.3 is 15.0 Å². The Morgan fingerprint density at radius 3 is 2.77 bits per heavy atom. The molecule has 0 unspecified atom stereocenters. The number of hydrogen-bond acceptors (Lipinski definition) is 3. The normalized spacial score (nSPS) is 14.3. The molecule has 0 amide bonds. The third kappa shape index (κ3) is 5.36. The van der Waals surface area contributed by atoms with Gasteiger partial charge in [0.15, 0.2) is 5.96 Å². The minimum absolute atomic E-state index is 0. The minimum Gasteiger partial charge on any atom is -0.490 e. The van der Waals surface area contributed by atoms with E-state index in [9.17, 15) is 0 Å². The van der Waals surface area contributed by atoms with Gasteiger partial charge in [0.05, 0.1) is 12.3 Å². The molecule has 0 radical (unpaired) electrons. The van der Waals surface area contributed by atoms with Crippen LogP contribution in [0.25, 0.3) is 0 Å². The van der Waals surface area contributed by atoms with Crippen LogP contribution >= 0.6 is 24.0 Å². The number of aryl methyl sites for hydroxylation is 1. The molecule has 6 nitrogen and oxygen atoms in total. The fourth-order valence-corrected chi connectivity index (χ4v) is 2.89. The first-order valence-electron chi connectivity index (χ1n) is 8.79. The van der Waals surface area contributed by atoms with Crippen LogP contribution in [0.3, 0.4) is 0 Å². The highest BCUT2D eigenvalue weighted by Crippen LogP contribution is 2.27. The van der Waals surface area contributed by atoms with Gasteiger partial charge in [0.25, 0.3) is 0 Å². The van der Waals surface area contributed by atoms with Crippen LogP contribution in [-0.4, -0.2) is 40.8 Å². The van der Waals surface area contributed by atoms with E-state index in [2.05, 4.69) is 32.4 Å². The molecule has 1 aromatic carbocycles. The van der Waals surface area contributed by atoms with Crippen LogP contribution in [0.4, 0.5) is 0 Å². The minimum atomic E-state index is 0. The van der Waals surface area contributed by atoms with Gasteiger partial charge in [0, 0.05) is 51.6 Å². The van der Waals surface area contributed by atoms with Gasteiger partial charge in [-0.05, 0) is 25.3 Å². The molecule has 1 fully saturated rings. The molecular weight excluding hydrogens is 441 g/mol. The zero-order valence-electron chi connectivity index (χ0n) is 15.7. The number of halogens is 1. The van der Waals surface area contributed by atoms with Crippen LogP contribution < -0.4 is 10.1 Å². The molecule has 142 valence electrons. The Hall–Kier alpha value is -1.77. The maximum atomic E-state index is 6.10. The van der Waals surface area contributed by atoms with Crippen molar-refractivity contribution in [3.05, 3.63) is 47.8 Å². The largest absolute Gasteiger partial charge is 0.490 e. The van der Waals surface area contributed by atoms with Gasteiger partial charge in [-0.25, -0.2) is 0 Å². The Balaban J connectivity index is 0.00000243. The Morgan fingerprint density at radius 1 is 1.38 bits per heavy atom. The van der Waals surface area contributed by atoms with Crippen molar-refractivity contribution in [2.75, 3.05) is 14.1 Å². The summed E-state index contributed by atoms with van der Waals surface area (Å²) in [6.45, 7) is 1.45. The van der Waals surface area contributed by atoms with Crippen LogP contribution in [0.2, 0.25) is 0 Å². The van der Waals surface area contributed by atoms with E-state index in [1.807, 2.05) is 43.3 Å². The number of hydrogen-bond donors (Lipinski definition) is 1. The van der Waals surface area contributed by atoms with Crippen molar-refractivity contribution in [1.29, 1.82) is 0 Å². The maximum absolute atomic E-state index is 6.10. The van der Waals surface area contributed by atoms with Crippen molar-refractivity contribution in [2.45, 2.75) is 38.5 Å². The molecule has 1 aliphatic rings. The fourth-order valence-electron chi connectivity index (χ4n) is 2.89. The lowest BCUT2D eigenvalue weighted by Gasteiger charge is -2.28. The van der Waals surface area contributed by atoms with Gasteiger partial charge in [-0.1, -0.05) is 18.2 Å². The number of para-hydroxylation sites is 1. The zero-order chi connectivity index (χ0) is 17.6. The van der Waals surface area contributed by atoms with Crippen molar-refractivity contribution in [3.63, 3.8) is 0 Å². The van der Waals surface area contributed by atoms with Gasteiger partial charge >= 0.3 is 0 Å². The van der Waals surface area contributed by atoms with Crippen LogP contribution in [0.5, 0.6) is 5.75 Å². The SMILES string of the molecule is CN=C(NCc1ccccc1OC1CCC1)N(C)Cc1cnn(C)c1.I. The second-order valence-corrected chi connectivity index (χ2v) is 6.56. The van der Waals surface area contributed by atoms with Crippen LogP contribution in [0.15, 0.2) is 41.7 Å². The molecule has 0 aliphatic heterocycles. The number of nitrogens with one attached hydrogen (secondary N) is 1. The van der Waals surface area contributed by atoms with E-state index >= 15 is 0 Å². The Kier molecular flexibility index (Phi) is 7.74. The lowest BCUT2D eigenvalue weighted by Crippen LogP contribution is -2.38. The smallest absolute Gasteiger partial charge is 0.193 e. The molecular formula is C19H28IN5O. The van der Waals surface area contributed by atoms with Crippen LogP contribution in [0.1, 0.15) is 30.4 Å². The first-order chi connectivity index (χ1) is 12.2. The van der Waals surface area contributed by atoms with E-state index in [4.69, 9.17) is 4.74 Å². The van der Waals surface area contributed by atoms with Gasteiger partial charge in [0.2, 0.25) is 0 Å². The molecule has 1 saturated carbocycles. The highest BCUT2D eigenvalue weighted by atomic mass is 127. The molecule has 1 N–H and O–H groups in total. The lowest BCUT2D eigenvalue weighted by molar-refractivity contribution is 0.119. The van der Waals surface area contributed by atoms with E-state index in [1.165, 1.54) is 6.42 Å². The summed E-state index contributed by atoms with van der Waals surface area (Å²) in [5, 5.41) is 7.65. The number of aliphatic imine (C=N–C) groups is 1. The molecule has 1 aromatic heterocycles. The molecule has 0 atom stereocenters. The predicted octanol–water partition coefficient (Wildman–Crippen LogP) is 3.18. The fraction of sp³-hybridized carbons (Fsp3) is 0.474. The quantitative estimate of drug-likeness (QED) is 0.401. The molecule has 1 heterocycles. The summed E-state index contributed by atoms with van der Waals surface area (Å²) in [5.74, 6) is 1.83. The molecule has 26 heavy (non-hydrogen) atoms. The Labute approximate surface area is 172 Å². The number of rotatable bonds is 6. The highest BCUT2D eigenvalue weighted by molar-refractivity contribution is 14.0. The van der Waals surface area contributed by atoms with E-state index in [0.717, 1.165) is 42.2 Å². The number of ether oxygens (including phenoxy) is 1. The first-order valence-corrected chi connectivity index (χ1v) is 8.79. The third-order valence-corrected chi connectivity index (χ3v) is 4.51. The third-order valence-electron chi connectivity index (χ3n) is 4.51. The summed E-state index contributed by atoms with van der Waals surface area (Å²) >= 11 is 0. The monoisotopic (exact) mass is 469 g/mol. The van der Waals surface area contributed by atoms with Crippen molar-refractivity contribution < 1.29 is 4.74 Å². The zero-order valence-corrected chi connectivity index (χ0v) is 18.0.